The maximum absolute atomic E-state index is 12.1. The minimum atomic E-state index is -0.0609. The number of nitrogens with one attached hydrogen (secondary N) is 2. The van der Waals surface area contributed by atoms with Gasteiger partial charge in [-0.2, -0.15) is 5.10 Å². The Morgan fingerprint density at radius 3 is 2.78 bits per heavy atom. The highest BCUT2D eigenvalue weighted by Crippen LogP contribution is 2.47. The highest BCUT2D eigenvalue weighted by molar-refractivity contribution is 5.84. The van der Waals surface area contributed by atoms with E-state index in [9.17, 15) is 4.79 Å². The standard InChI is InChI=1S/C18H30N4O/c1-3-4-11-22(2)13-15-12-20-21-16(15)14-5-7-18(8-6-14)9-10-19-17(18)23/h12,14H,3-11,13H2,1-2H3,(H,19,23)(H,20,21). The number of carbonyl (C=O) groups is 1. The zero-order valence-corrected chi connectivity index (χ0v) is 14.5. The minimum Gasteiger partial charge on any atom is -0.356 e. The van der Waals surface area contributed by atoms with Gasteiger partial charge in [0.05, 0.1) is 11.6 Å². The van der Waals surface area contributed by atoms with Crippen molar-refractivity contribution in [1.82, 2.24) is 20.4 Å². The molecule has 2 fully saturated rings. The summed E-state index contributed by atoms with van der Waals surface area (Å²) in [6, 6.07) is 0. The van der Waals surface area contributed by atoms with Crippen LogP contribution in [0.4, 0.5) is 0 Å². The van der Waals surface area contributed by atoms with Gasteiger partial charge in [0.2, 0.25) is 5.91 Å². The fraction of sp³-hybridized carbons (Fsp3) is 0.778. The summed E-state index contributed by atoms with van der Waals surface area (Å²) < 4.78 is 0. The Morgan fingerprint density at radius 1 is 1.35 bits per heavy atom. The van der Waals surface area contributed by atoms with Crippen LogP contribution in [-0.2, 0) is 11.3 Å². The third-order valence-corrected chi connectivity index (χ3v) is 5.81. The smallest absolute Gasteiger partial charge is 0.226 e. The molecule has 1 aliphatic carbocycles. The van der Waals surface area contributed by atoms with E-state index < -0.39 is 0 Å². The van der Waals surface area contributed by atoms with Crippen molar-refractivity contribution < 1.29 is 4.79 Å². The van der Waals surface area contributed by atoms with E-state index in [2.05, 4.69) is 34.4 Å². The summed E-state index contributed by atoms with van der Waals surface area (Å²) in [4.78, 5) is 14.5. The van der Waals surface area contributed by atoms with E-state index in [0.29, 0.717) is 11.8 Å². The molecule has 0 unspecified atom stereocenters. The highest BCUT2D eigenvalue weighted by atomic mass is 16.2. The predicted molar refractivity (Wildman–Crippen MR) is 91.1 cm³/mol. The molecule has 1 saturated carbocycles. The molecule has 2 N–H and O–H groups in total. The molecule has 1 spiro atoms. The Kier molecular flexibility index (Phi) is 5.05. The molecule has 5 nitrogen and oxygen atoms in total. The predicted octanol–water partition coefficient (Wildman–Crippen LogP) is 2.81. The number of hydrogen-bond donors (Lipinski definition) is 2. The zero-order chi connectivity index (χ0) is 16.3. The maximum Gasteiger partial charge on any atom is 0.226 e. The molecule has 1 aliphatic heterocycles. The van der Waals surface area contributed by atoms with Gasteiger partial charge in [-0.05, 0) is 52.1 Å². The molecule has 128 valence electrons. The molecule has 1 saturated heterocycles. The van der Waals surface area contributed by atoms with Gasteiger partial charge in [0, 0.05) is 30.3 Å². The third-order valence-electron chi connectivity index (χ3n) is 5.81. The molecule has 5 heteroatoms. The van der Waals surface area contributed by atoms with E-state index in [1.807, 2.05) is 6.20 Å². The molecule has 3 rings (SSSR count). The van der Waals surface area contributed by atoms with E-state index in [-0.39, 0.29) is 5.41 Å². The average molecular weight is 318 g/mol. The summed E-state index contributed by atoms with van der Waals surface area (Å²) in [5.41, 5.74) is 2.58. The third kappa shape index (κ3) is 3.44. The van der Waals surface area contributed by atoms with Crippen molar-refractivity contribution in [3.63, 3.8) is 0 Å². The number of aromatic amines is 1. The first-order valence-electron chi connectivity index (χ1n) is 9.13. The number of amides is 1. The van der Waals surface area contributed by atoms with Gasteiger partial charge in [-0.15, -0.1) is 0 Å². The summed E-state index contributed by atoms with van der Waals surface area (Å²) in [5, 5.41) is 10.6. The van der Waals surface area contributed by atoms with Crippen molar-refractivity contribution in [3.8, 4) is 0 Å². The van der Waals surface area contributed by atoms with Crippen LogP contribution in [0.2, 0.25) is 0 Å². The van der Waals surface area contributed by atoms with Crippen LogP contribution >= 0.6 is 0 Å². The lowest BCUT2D eigenvalue weighted by Gasteiger charge is -2.35. The van der Waals surface area contributed by atoms with Gasteiger partial charge in [0.15, 0.2) is 0 Å². The fourth-order valence-corrected chi connectivity index (χ4v) is 4.25. The summed E-state index contributed by atoms with van der Waals surface area (Å²) >= 11 is 0. The molecule has 2 aliphatic rings. The maximum atomic E-state index is 12.1. The van der Waals surface area contributed by atoms with Gasteiger partial charge in [0.25, 0.3) is 0 Å². The quantitative estimate of drug-likeness (QED) is 0.848. The molecule has 2 heterocycles. The van der Waals surface area contributed by atoms with E-state index in [1.54, 1.807) is 0 Å². The topological polar surface area (TPSA) is 61.0 Å². The van der Waals surface area contributed by atoms with Crippen molar-refractivity contribution in [2.45, 2.75) is 64.3 Å². The van der Waals surface area contributed by atoms with Crippen LogP contribution in [0.3, 0.4) is 0 Å². The van der Waals surface area contributed by atoms with E-state index in [1.165, 1.54) is 24.1 Å². The summed E-state index contributed by atoms with van der Waals surface area (Å²) in [6.07, 6.45) is 9.72. The second-order valence-corrected chi connectivity index (χ2v) is 7.46. The average Bonchev–Trinajstić information content (AvgIpc) is 3.14. The Balaban J connectivity index is 1.61. The van der Waals surface area contributed by atoms with Gasteiger partial charge in [-0.25, -0.2) is 0 Å². The van der Waals surface area contributed by atoms with Crippen LogP contribution in [0.1, 0.15) is 69.0 Å². The van der Waals surface area contributed by atoms with E-state index >= 15 is 0 Å². The molecule has 0 atom stereocenters. The van der Waals surface area contributed by atoms with Crippen molar-refractivity contribution in [2.24, 2.45) is 5.41 Å². The monoisotopic (exact) mass is 318 g/mol. The zero-order valence-electron chi connectivity index (χ0n) is 14.5. The van der Waals surface area contributed by atoms with Gasteiger partial charge < -0.3 is 10.2 Å². The molecular weight excluding hydrogens is 288 g/mol. The summed E-state index contributed by atoms with van der Waals surface area (Å²) in [7, 11) is 2.19. The molecule has 1 amide bonds. The first kappa shape index (κ1) is 16.5. The Morgan fingerprint density at radius 2 is 2.13 bits per heavy atom. The Labute approximate surface area is 139 Å². The molecule has 1 aromatic rings. The lowest BCUT2D eigenvalue weighted by atomic mass is 9.68. The minimum absolute atomic E-state index is 0.0609. The second kappa shape index (κ2) is 7.04. The number of carbonyl (C=O) groups excluding carboxylic acids is 1. The van der Waals surface area contributed by atoms with Gasteiger partial charge in [0.1, 0.15) is 0 Å². The largest absolute Gasteiger partial charge is 0.356 e. The van der Waals surface area contributed by atoms with E-state index in [4.69, 9.17) is 0 Å². The number of H-pyrrole nitrogens is 1. The molecule has 0 bridgehead atoms. The fourth-order valence-electron chi connectivity index (χ4n) is 4.25. The van der Waals surface area contributed by atoms with Crippen LogP contribution in [0.5, 0.6) is 0 Å². The van der Waals surface area contributed by atoms with E-state index in [0.717, 1.165) is 51.7 Å². The first-order valence-corrected chi connectivity index (χ1v) is 9.13. The van der Waals surface area contributed by atoms with Gasteiger partial charge in [-0.1, -0.05) is 13.3 Å². The lowest BCUT2D eigenvalue weighted by Crippen LogP contribution is -2.35. The van der Waals surface area contributed by atoms with Crippen LogP contribution < -0.4 is 5.32 Å². The molecule has 23 heavy (non-hydrogen) atoms. The molecular formula is C18H30N4O. The van der Waals surface area contributed by atoms with Crippen LogP contribution in [0, 0.1) is 5.41 Å². The second-order valence-electron chi connectivity index (χ2n) is 7.46. The molecule has 1 aromatic heterocycles. The Hall–Kier alpha value is -1.36. The number of aromatic nitrogens is 2. The van der Waals surface area contributed by atoms with Crippen molar-refractivity contribution in [1.29, 1.82) is 0 Å². The number of hydrogen-bond acceptors (Lipinski definition) is 3. The number of unbranched alkanes of at least 4 members (excludes halogenated alkanes) is 1. The van der Waals surface area contributed by atoms with Crippen LogP contribution in [-0.4, -0.2) is 41.1 Å². The van der Waals surface area contributed by atoms with Crippen molar-refractivity contribution in [2.75, 3.05) is 20.1 Å². The first-order chi connectivity index (χ1) is 11.1. The van der Waals surface area contributed by atoms with Crippen molar-refractivity contribution >= 4 is 5.91 Å². The van der Waals surface area contributed by atoms with Crippen LogP contribution in [0.15, 0.2) is 6.20 Å². The SMILES string of the molecule is CCCCN(C)Cc1cn[nH]c1C1CCC2(CCNC2=O)CC1. The lowest BCUT2D eigenvalue weighted by molar-refractivity contribution is -0.129. The normalized spacial score (nSPS) is 27.8. The number of rotatable bonds is 6. The van der Waals surface area contributed by atoms with Crippen LogP contribution in [0.25, 0.3) is 0 Å². The molecule has 0 aromatic carbocycles. The molecule has 0 radical (unpaired) electrons. The highest BCUT2D eigenvalue weighted by Gasteiger charge is 2.45. The summed E-state index contributed by atoms with van der Waals surface area (Å²) in [6.45, 7) is 5.19. The summed E-state index contributed by atoms with van der Waals surface area (Å²) in [5.74, 6) is 0.825. The van der Waals surface area contributed by atoms with Gasteiger partial charge >= 0.3 is 0 Å². The van der Waals surface area contributed by atoms with Crippen molar-refractivity contribution in [3.05, 3.63) is 17.5 Å². The van der Waals surface area contributed by atoms with Gasteiger partial charge in [-0.3, -0.25) is 9.89 Å². The number of nitrogens with zero attached hydrogens (tertiary/aromatic N) is 2. The Bertz CT molecular complexity index is 531.